The Labute approximate surface area is 126 Å². The van der Waals surface area contributed by atoms with E-state index in [1.54, 1.807) is 18.5 Å². The number of hydrogen-bond donors (Lipinski definition) is 1. The Morgan fingerprint density at radius 1 is 1.40 bits per heavy atom. The van der Waals surface area contributed by atoms with Gasteiger partial charge in [0.05, 0.1) is 4.47 Å². The second-order valence-electron chi connectivity index (χ2n) is 4.48. The van der Waals surface area contributed by atoms with Crippen LogP contribution in [0.1, 0.15) is 31.3 Å². The summed E-state index contributed by atoms with van der Waals surface area (Å²) in [4.78, 5) is 4.28. The fourth-order valence-corrected chi connectivity index (χ4v) is 2.42. The second-order valence-corrected chi connectivity index (χ2v) is 5.33. The summed E-state index contributed by atoms with van der Waals surface area (Å²) in [5.41, 5.74) is 0.915. The number of likely N-dealkylation sites (N-methyl/N-ethyl adjacent to an activating group) is 1. The molecule has 0 radical (unpaired) electrons. The third-order valence-corrected chi connectivity index (χ3v) is 3.82. The summed E-state index contributed by atoms with van der Waals surface area (Å²) in [6, 6.07) is 5.24. The van der Waals surface area contributed by atoms with Gasteiger partial charge in [-0.2, -0.15) is 5.10 Å². The molecule has 2 rings (SSSR count). The molecule has 0 saturated heterocycles. The Hall–Kier alpha value is -1.27. The molecule has 0 bridgehead atoms. The van der Waals surface area contributed by atoms with Crippen LogP contribution < -0.4 is 5.32 Å². The van der Waals surface area contributed by atoms with Crippen LogP contribution in [0.15, 0.2) is 29.0 Å². The molecule has 1 unspecified atom stereocenters. The first-order valence-corrected chi connectivity index (χ1v) is 7.50. The molecule has 1 atom stereocenters. The van der Waals surface area contributed by atoms with Crippen LogP contribution >= 0.6 is 15.9 Å². The van der Waals surface area contributed by atoms with Gasteiger partial charge < -0.3 is 5.32 Å². The SMILES string of the molecule is CCNC(Cc1ncnn1CC)c1ccc(Br)c(F)c1. The smallest absolute Gasteiger partial charge is 0.138 e. The minimum atomic E-state index is -0.248. The van der Waals surface area contributed by atoms with E-state index in [2.05, 4.69) is 31.3 Å². The quantitative estimate of drug-likeness (QED) is 0.878. The maximum absolute atomic E-state index is 13.7. The summed E-state index contributed by atoms with van der Waals surface area (Å²) >= 11 is 3.18. The number of benzene rings is 1. The molecule has 0 aliphatic carbocycles. The molecule has 108 valence electrons. The van der Waals surface area contributed by atoms with Gasteiger partial charge in [-0.15, -0.1) is 0 Å². The molecule has 0 aliphatic rings. The zero-order valence-corrected chi connectivity index (χ0v) is 13.2. The standard InChI is InChI=1S/C14H18BrFN4/c1-3-17-13(8-14-18-9-19-20(14)4-2)10-5-6-11(15)12(16)7-10/h5-7,9,13,17H,3-4,8H2,1-2H3. The number of hydrogen-bond acceptors (Lipinski definition) is 3. The fraction of sp³-hybridized carbons (Fsp3) is 0.429. The van der Waals surface area contributed by atoms with Crippen molar-refractivity contribution in [3.05, 3.63) is 46.2 Å². The Morgan fingerprint density at radius 3 is 2.85 bits per heavy atom. The molecular weight excluding hydrogens is 323 g/mol. The maximum atomic E-state index is 13.7. The van der Waals surface area contributed by atoms with Gasteiger partial charge in [0, 0.05) is 19.0 Å². The molecule has 20 heavy (non-hydrogen) atoms. The van der Waals surface area contributed by atoms with Gasteiger partial charge in [-0.1, -0.05) is 13.0 Å². The monoisotopic (exact) mass is 340 g/mol. The molecule has 0 fully saturated rings. The topological polar surface area (TPSA) is 42.7 Å². The van der Waals surface area contributed by atoms with Crippen LogP contribution in [0.5, 0.6) is 0 Å². The molecule has 0 amide bonds. The lowest BCUT2D eigenvalue weighted by Crippen LogP contribution is -2.24. The van der Waals surface area contributed by atoms with Gasteiger partial charge in [-0.25, -0.2) is 9.37 Å². The normalized spacial score (nSPS) is 12.6. The first-order chi connectivity index (χ1) is 9.65. The number of aryl methyl sites for hydroxylation is 1. The maximum Gasteiger partial charge on any atom is 0.138 e. The Balaban J connectivity index is 2.24. The van der Waals surface area contributed by atoms with Crippen molar-refractivity contribution in [1.29, 1.82) is 0 Å². The van der Waals surface area contributed by atoms with Crippen LogP contribution in [0.25, 0.3) is 0 Å². The van der Waals surface area contributed by atoms with E-state index >= 15 is 0 Å². The minimum absolute atomic E-state index is 0.0251. The molecule has 1 aromatic heterocycles. The van der Waals surface area contributed by atoms with Crippen molar-refractivity contribution in [2.24, 2.45) is 0 Å². The minimum Gasteiger partial charge on any atom is -0.310 e. The summed E-state index contributed by atoms with van der Waals surface area (Å²) in [7, 11) is 0. The van der Waals surface area contributed by atoms with Crippen molar-refractivity contribution >= 4 is 15.9 Å². The van der Waals surface area contributed by atoms with E-state index in [4.69, 9.17) is 0 Å². The lowest BCUT2D eigenvalue weighted by Gasteiger charge is -2.18. The average molecular weight is 341 g/mol. The van der Waals surface area contributed by atoms with Gasteiger partial charge in [0.1, 0.15) is 18.0 Å². The van der Waals surface area contributed by atoms with Gasteiger partial charge in [0.15, 0.2) is 0 Å². The van der Waals surface area contributed by atoms with E-state index in [-0.39, 0.29) is 11.9 Å². The van der Waals surface area contributed by atoms with Gasteiger partial charge in [-0.3, -0.25) is 4.68 Å². The highest BCUT2D eigenvalue weighted by molar-refractivity contribution is 9.10. The van der Waals surface area contributed by atoms with Crippen molar-refractivity contribution in [1.82, 2.24) is 20.1 Å². The van der Waals surface area contributed by atoms with Gasteiger partial charge >= 0.3 is 0 Å². The zero-order valence-electron chi connectivity index (χ0n) is 11.6. The average Bonchev–Trinajstić information content (AvgIpc) is 2.88. The summed E-state index contributed by atoms with van der Waals surface area (Å²) in [6.45, 7) is 5.65. The zero-order chi connectivity index (χ0) is 14.5. The Bertz CT molecular complexity index is 570. The number of nitrogens with one attached hydrogen (secondary N) is 1. The van der Waals surface area contributed by atoms with Gasteiger partial charge in [0.25, 0.3) is 0 Å². The van der Waals surface area contributed by atoms with Crippen LogP contribution in [-0.2, 0) is 13.0 Å². The molecule has 4 nitrogen and oxygen atoms in total. The highest BCUT2D eigenvalue weighted by Gasteiger charge is 2.16. The Kier molecular flexibility index (Phi) is 5.25. The lowest BCUT2D eigenvalue weighted by molar-refractivity contribution is 0.506. The van der Waals surface area contributed by atoms with Gasteiger partial charge in [0.2, 0.25) is 0 Å². The predicted octanol–water partition coefficient (Wildman–Crippen LogP) is 3.09. The fourth-order valence-electron chi connectivity index (χ4n) is 2.18. The number of halogens is 2. The van der Waals surface area contributed by atoms with Crippen molar-refractivity contribution in [2.75, 3.05) is 6.54 Å². The van der Waals surface area contributed by atoms with Crippen LogP contribution in [0.3, 0.4) is 0 Å². The molecule has 0 aliphatic heterocycles. The van der Waals surface area contributed by atoms with Crippen molar-refractivity contribution in [3.8, 4) is 0 Å². The van der Waals surface area contributed by atoms with E-state index in [0.717, 1.165) is 24.5 Å². The summed E-state index contributed by atoms with van der Waals surface area (Å²) < 4.78 is 16.0. The molecule has 1 N–H and O–H groups in total. The highest BCUT2D eigenvalue weighted by Crippen LogP contribution is 2.23. The molecule has 1 aromatic carbocycles. The van der Waals surface area contributed by atoms with E-state index in [1.807, 2.05) is 24.6 Å². The number of nitrogens with zero attached hydrogens (tertiary/aromatic N) is 3. The predicted molar refractivity (Wildman–Crippen MR) is 79.9 cm³/mol. The van der Waals surface area contributed by atoms with E-state index < -0.39 is 0 Å². The van der Waals surface area contributed by atoms with E-state index in [9.17, 15) is 4.39 Å². The molecule has 6 heteroatoms. The third-order valence-electron chi connectivity index (χ3n) is 3.18. The molecule has 0 spiro atoms. The third kappa shape index (κ3) is 3.43. The van der Waals surface area contributed by atoms with Crippen LogP contribution in [0.2, 0.25) is 0 Å². The first-order valence-electron chi connectivity index (χ1n) is 6.70. The first kappa shape index (κ1) is 15.1. The lowest BCUT2D eigenvalue weighted by atomic mass is 10.0. The molecule has 1 heterocycles. The van der Waals surface area contributed by atoms with Crippen LogP contribution in [0, 0.1) is 5.82 Å². The molecule has 2 aromatic rings. The van der Waals surface area contributed by atoms with Crippen molar-refractivity contribution in [3.63, 3.8) is 0 Å². The Morgan fingerprint density at radius 2 is 2.20 bits per heavy atom. The van der Waals surface area contributed by atoms with Crippen molar-refractivity contribution in [2.45, 2.75) is 32.9 Å². The second kappa shape index (κ2) is 6.95. The van der Waals surface area contributed by atoms with Gasteiger partial charge in [-0.05, 0) is 47.1 Å². The largest absolute Gasteiger partial charge is 0.310 e. The highest BCUT2D eigenvalue weighted by atomic mass is 79.9. The summed E-state index contributed by atoms with van der Waals surface area (Å²) in [5.74, 6) is 0.657. The summed E-state index contributed by atoms with van der Waals surface area (Å²) in [6.07, 6.45) is 2.24. The van der Waals surface area contributed by atoms with E-state index in [0.29, 0.717) is 10.9 Å². The van der Waals surface area contributed by atoms with Crippen LogP contribution in [0.4, 0.5) is 4.39 Å². The number of rotatable bonds is 6. The molecule has 0 saturated carbocycles. The number of aromatic nitrogens is 3. The van der Waals surface area contributed by atoms with Crippen LogP contribution in [-0.4, -0.2) is 21.3 Å². The van der Waals surface area contributed by atoms with E-state index in [1.165, 1.54) is 0 Å². The summed E-state index contributed by atoms with van der Waals surface area (Å²) in [5, 5.41) is 7.54. The molecular formula is C14H18BrFN4. The van der Waals surface area contributed by atoms with Crippen molar-refractivity contribution < 1.29 is 4.39 Å².